The van der Waals surface area contributed by atoms with Gasteiger partial charge >= 0.3 is 0 Å². The number of rotatable bonds is 3. The van der Waals surface area contributed by atoms with Gasteiger partial charge in [-0.1, -0.05) is 12.1 Å². The number of hydrogen-bond donors (Lipinski definition) is 1. The first-order chi connectivity index (χ1) is 9.57. The molecule has 0 unspecified atom stereocenters. The second kappa shape index (κ2) is 4.76. The van der Waals surface area contributed by atoms with Crippen molar-refractivity contribution in [1.82, 2.24) is 25.6 Å². The minimum Gasteiger partial charge on any atom is -0.245 e. The molecule has 2 aromatic heterocycles. The highest BCUT2D eigenvalue weighted by Crippen LogP contribution is 2.34. The lowest BCUT2D eigenvalue weighted by Crippen LogP contribution is -2.02. The van der Waals surface area contributed by atoms with Crippen molar-refractivity contribution >= 4 is 21.2 Å². The zero-order chi connectivity index (χ0) is 14.2. The first-order valence-corrected chi connectivity index (χ1v) is 8.36. The van der Waals surface area contributed by atoms with E-state index in [0.29, 0.717) is 16.8 Å². The molecule has 9 heteroatoms. The quantitative estimate of drug-likeness (QED) is 0.784. The zero-order valence-corrected chi connectivity index (χ0v) is 11.9. The Bertz CT molecular complexity index is 826. The lowest BCUT2D eigenvalue weighted by atomic mass is 10.0. The average Bonchev–Trinajstić information content (AvgIpc) is 3.10. The molecule has 1 aromatic carbocycles. The summed E-state index contributed by atoms with van der Waals surface area (Å²) in [5, 5.41) is 15.5. The number of sulfone groups is 1. The Hall–Kier alpha value is -2.13. The maximum absolute atomic E-state index is 12.0. The van der Waals surface area contributed by atoms with Gasteiger partial charge < -0.3 is 0 Å². The lowest BCUT2D eigenvalue weighted by molar-refractivity contribution is 0.602. The minimum atomic E-state index is -3.42. The second-order valence-electron chi connectivity index (χ2n) is 4.06. The monoisotopic (exact) mass is 307 g/mol. The van der Waals surface area contributed by atoms with E-state index in [-0.39, 0.29) is 10.7 Å². The summed E-state index contributed by atoms with van der Waals surface area (Å²) in [5.41, 5.74) is 3.44. The molecular formula is C11H9N5O2S2. The summed E-state index contributed by atoms with van der Waals surface area (Å²) in [6.07, 6.45) is 1.15. The van der Waals surface area contributed by atoms with E-state index in [2.05, 4.69) is 25.6 Å². The molecule has 3 rings (SSSR count). The van der Waals surface area contributed by atoms with Gasteiger partial charge in [0.25, 0.3) is 0 Å². The van der Waals surface area contributed by atoms with Crippen molar-refractivity contribution < 1.29 is 8.42 Å². The van der Waals surface area contributed by atoms with Crippen LogP contribution in [0, 0.1) is 0 Å². The van der Waals surface area contributed by atoms with Crippen LogP contribution in [0.3, 0.4) is 0 Å². The number of H-pyrrole nitrogens is 1. The van der Waals surface area contributed by atoms with Gasteiger partial charge in [-0.05, 0) is 11.3 Å². The third-order valence-corrected chi connectivity index (χ3v) is 4.43. The van der Waals surface area contributed by atoms with Crippen LogP contribution in [0.5, 0.6) is 0 Å². The average molecular weight is 307 g/mol. The van der Waals surface area contributed by atoms with Crippen molar-refractivity contribution in [2.75, 3.05) is 6.26 Å². The van der Waals surface area contributed by atoms with Crippen LogP contribution in [0.2, 0.25) is 0 Å². The van der Waals surface area contributed by atoms with Crippen LogP contribution in [0.15, 0.2) is 34.0 Å². The molecule has 0 saturated heterocycles. The molecule has 20 heavy (non-hydrogen) atoms. The highest BCUT2D eigenvalue weighted by Gasteiger charge is 2.22. The van der Waals surface area contributed by atoms with E-state index >= 15 is 0 Å². The second-order valence-corrected chi connectivity index (χ2v) is 6.76. The molecule has 0 aliphatic rings. The first kappa shape index (κ1) is 12.9. The third-order valence-electron chi connectivity index (χ3n) is 2.70. The van der Waals surface area contributed by atoms with Crippen LogP contribution < -0.4 is 0 Å². The predicted molar refractivity (Wildman–Crippen MR) is 73.8 cm³/mol. The van der Waals surface area contributed by atoms with Crippen molar-refractivity contribution in [3.8, 4) is 22.6 Å². The van der Waals surface area contributed by atoms with Crippen molar-refractivity contribution in [3.63, 3.8) is 0 Å². The van der Waals surface area contributed by atoms with E-state index in [1.807, 2.05) is 5.38 Å². The fourth-order valence-corrected chi connectivity index (χ4v) is 3.35. The Kier molecular flexibility index (Phi) is 3.07. The Labute approximate surface area is 118 Å². The molecule has 0 saturated carbocycles. The summed E-state index contributed by atoms with van der Waals surface area (Å²) in [6, 6.07) is 4.99. The van der Waals surface area contributed by atoms with Gasteiger partial charge in [-0.2, -0.15) is 5.21 Å². The van der Waals surface area contributed by atoms with Crippen LogP contribution in [-0.4, -0.2) is 40.3 Å². The molecule has 0 aliphatic carbocycles. The molecule has 0 radical (unpaired) electrons. The number of nitrogens with zero attached hydrogens (tertiary/aromatic N) is 4. The number of hydrogen-bond acceptors (Lipinski definition) is 7. The van der Waals surface area contributed by atoms with Gasteiger partial charge in [0.1, 0.15) is 0 Å². The highest BCUT2D eigenvalue weighted by molar-refractivity contribution is 7.90. The summed E-state index contributed by atoms with van der Waals surface area (Å²) >= 11 is 1.43. The lowest BCUT2D eigenvalue weighted by Gasteiger charge is -2.09. The molecule has 0 fully saturated rings. The topological polar surface area (TPSA) is 101 Å². The molecule has 0 spiro atoms. The number of thiazole rings is 1. The summed E-state index contributed by atoms with van der Waals surface area (Å²) in [6.45, 7) is 0. The molecular weight excluding hydrogens is 298 g/mol. The third kappa shape index (κ3) is 2.21. The largest absolute Gasteiger partial charge is 0.245 e. The SMILES string of the molecule is CS(=O)(=O)c1cccc(-c2cscn2)c1-c1nn[nH]n1. The summed E-state index contributed by atoms with van der Waals surface area (Å²) < 4.78 is 23.9. The Morgan fingerprint density at radius 3 is 2.75 bits per heavy atom. The van der Waals surface area contributed by atoms with Gasteiger partial charge in [-0.25, -0.2) is 13.4 Å². The molecule has 1 N–H and O–H groups in total. The van der Waals surface area contributed by atoms with Gasteiger partial charge in [0.05, 0.1) is 21.7 Å². The smallest absolute Gasteiger partial charge is 0.206 e. The maximum atomic E-state index is 12.0. The van der Waals surface area contributed by atoms with E-state index in [9.17, 15) is 8.42 Å². The highest BCUT2D eigenvalue weighted by atomic mass is 32.2. The van der Waals surface area contributed by atoms with Crippen LogP contribution in [-0.2, 0) is 9.84 Å². The number of benzene rings is 1. The Morgan fingerprint density at radius 1 is 1.30 bits per heavy atom. The van der Waals surface area contributed by atoms with Crippen molar-refractivity contribution in [1.29, 1.82) is 0 Å². The molecule has 7 nitrogen and oxygen atoms in total. The summed E-state index contributed by atoms with van der Waals surface area (Å²) in [4.78, 5) is 4.37. The molecule has 102 valence electrons. The number of nitrogens with one attached hydrogen (secondary N) is 1. The van der Waals surface area contributed by atoms with Gasteiger partial charge in [0.15, 0.2) is 9.84 Å². The predicted octanol–water partition coefficient (Wildman–Crippen LogP) is 1.39. The van der Waals surface area contributed by atoms with Crippen LogP contribution in [0.25, 0.3) is 22.6 Å². The minimum absolute atomic E-state index is 0.157. The van der Waals surface area contributed by atoms with Gasteiger partial charge in [0.2, 0.25) is 5.82 Å². The molecule has 0 amide bonds. The van der Waals surface area contributed by atoms with Crippen LogP contribution in [0.4, 0.5) is 0 Å². The van der Waals surface area contributed by atoms with E-state index in [4.69, 9.17) is 0 Å². The standard InChI is InChI=1S/C11H9N5O2S2/c1-20(17,18)9-4-2-3-7(8-5-19-6-12-8)10(9)11-13-15-16-14-11/h2-6H,1H3,(H,13,14,15,16). The number of aromatic nitrogens is 5. The zero-order valence-electron chi connectivity index (χ0n) is 10.3. The van der Waals surface area contributed by atoms with E-state index < -0.39 is 9.84 Å². The maximum Gasteiger partial charge on any atom is 0.206 e. The normalized spacial score (nSPS) is 11.7. The van der Waals surface area contributed by atoms with Crippen molar-refractivity contribution in [2.45, 2.75) is 4.90 Å². The fourth-order valence-electron chi connectivity index (χ4n) is 1.90. The molecule has 0 atom stereocenters. The first-order valence-electron chi connectivity index (χ1n) is 5.53. The molecule has 0 aliphatic heterocycles. The van der Waals surface area contributed by atoms with Crippen molar-refractivity contribution in [2.24, 2.45) is 0 Å². The van der Waals surface area contributed by atoms with E-state index in [1.165, 1.54) is 17.4 Å². The fraction of sp³-hybridized carbons (Fsp3) is 0.0909. The molecule has 2 heterocycles. The van der Waals surface area contributed by atoms with Gasteiger partial charge in [-0.3, -0.25) is 0 Å². The van der Waals surface area contributed by atoms with E-state index in [0.717, 1.165) is 6.26 Å². The Balaban J connectivity index is 2.37. The van der Waals surface area contributed by atoms with Gasteiger partial charge in [0, 0.05) is 17.2 Å². The van der Waals surface area contributed by atoms with Crippen LogP contribution in [0.1, 0.15) is 0 Å². The van der Waals surface area contributed by atoms with Crippen LogP contribution >= 0.6 is 11.3 Å². The molecule has 0 bridgehead atoms. The molecule has 3 aromatic rings. The number of aromatic amines is 1. The van der Waals surface area contributed by atoms with Crippen molar-refractivity contribution in [3.05, 3.63) is 29.1 Å². The van der Waals surface area contributed by atoms with Gasteiger partial charge in [-0.15, -0.1) is 21.5 Å². The van der Waals surface area contributed by atoms with E-state index in [1.54, 1.807) is 17.6 Å². The summed E-state index contributed by atoms with van der Waals surface area (Å²) in [5.74, 6) is 0.231. The number of tetrazole rings is 1. The Morgan fingerprint density at radius 2 is 2.15 bits per heavy atom. The summed E-state index contributed by atoms with van der Waals surface area (Å²) in [7, 11) is -3.42.